The summed E-state index contributed by atoms with van der Waals surface area (Å²) < 4.78 is 40.3. The monoisotopic (exact) mass is 409 g/mol. The molecule has 2 aromatic carbocycles. The molecule has 0 fully saturated rings. The molecule has 3 nitrogen and oxygen atoms in total. The molecule has 1 aromatic heterocycles. The van der Waals surface area contributed by atoms with Crippen LogP contribution in [0.25, 0.3) is 0 Å². The van der Waals surface area contributed by atoms with Crippen LogP contribution in [-0.4, -0.2) is 16.5 Å². The SMILES string of the molecule is CCN(c1ncc(C(F)(F)F)c(Sc2ccccc2)n1)c1ccccc1Cl. The van der Waals surface area contributed by atoms with E-state index in [9.17, 15) is 13.2 Å². The molecule has 0 radical (unpaired) electrons. The number of rotatable bonds is 5. The van der Waals surface area contributed by atoms with E-state index in [0.717, 1.165) is 18.0 Å². The maximum atomic E-state index is 13.4. The van der Waals surface area contributed by atoms with Gasteiger partial charge in [0.05, 0.1) is 10.7 Å². The van der Waals surface area contributed by atoms with Crippen molar-refractivity contribution in [2.45, 2.75) is 23.0 Å². The Morgan fingerprint density at radius 1 is 1.04 bits per heavy atom. The minimum atomic E-state index is -4.54. The van der Waals surface area contributed by atoms with Crippen molar-refractivity contribution in [3.8, 4) is 0 Å². The van der Waals surface area contributed by atoms with Crippen molar-refractivity contribution in [3.63, 3.8) is 0 Å². The summed E-state index contributed by atoms with van der Waals surface area (Å²) >= 11 is 7.19. The number of benzene rings is 2. The fourth-order valence-corrected chi connectivity index (χ4v) is 3.61. The van der Waals surface area contributed by atoms with Crippen LogP contribution in [0.15, 0.2) is 70.7 Å². The molecular formula is C19H15ClF3N3S. The average molecular weight is 410 g/mol. The van der Waals surface area contributed by atoms with Crippen LogP contribution in [0, 0.1) is 0 Å². The van der Waals surface area contributed by atoms with Crippen molar-refractivity contribution in [1.82, 2.24) is 9.97 Å². The summed E-state index contributed by atoms with van der Waals surface area (Å²) in [4.78, 5) is 10.5. The van der Waals surface area contributed by atoms with Crippen molar-refractivity contribution in [2.75, 3.05) is 11.4 Å². The van der Waals surface area contributed by atoms with Crippen molar-refractivity contribution in [1.29, 1.82) is 0 Å². The predicted octanol–water partition coefficient (Wildman–Crippen LogP) is 6.46. The molecule has 8 heteroatoms. The molecule has 0 aliphatic heterocycles. The second-order valence-corrected chi connectivity index (χ2v) is 6.97. The smallest absolute Gasteiger partial charge is 0.309 e. The van der Waals surface area contributed by atoms with E-state index in [2.05, 4.69) is 9.97 Å². The summed E-state index contributed by atoms with van der Waals surface area (Å²) in [6.45, 7) is 2.30. The fourth-order valence-electron chi connectivity index (χ4n) is 2.45. The number of halogens is 4. The average Bonchev–Trinajstić information content (AvgIpc) is 2.64. The largest absolute Gasteiger partial charge is 0.420 e. The van der Waals surface area contributed by atoms with Crippen molar-refractivity contribution in [2.24, 2.45) is 0 Å². The van der Waals surface area contributed by atoms with Gasteiger partial charge in [-0.1, -0.05) is 53.7 Å². The van der Waals surface area contributed by atoms with Crippen LogP contribution in [0.3, 0.4) is 0 Å². The molecular weight excluding hydrogens is 395 g/mol. The van der Waals surface area contributed by atoms with Gasteiger partial charge < -0.3 is 4.90 Å². The highest BCUT2D eigenvalue weighted by Crippen LogP contribution is 2.39. The van der Waals surface area contributed by atoms with Gasteiger partial charge in [0, 0.05) is 17.6 Å². The lowest BCUT2D eigenvalue weighted by Crippen LogP contribution is -2.20. The summed E-state index contributed by atoms with van der Waals surface area (Å²) in [7, 11) is 0. The van der Waals surface area contributed by atoms with Crippen LogP contribution in [0.4, 0.5) is 24.8 Å². The molecule has 3 aromatic rings. The Labute approximate surface area is 164 Å². The van der Waals surface area contributed by atoms with Gasteiger partial charge in [-0.15, -0.1) is 0 Å². The molecule has 0 unspecified atom stereocenters. The first-order valence-corrected chi connectivity index (χ1v) is 9.28. The normalized spacial score (nSPS) is 11.4. The Morgan fingerprint density at radius 3 is 2.33 bits per heavy atom. The van der Waals surface area contributed by atoms with Crippen LogP contribution in [0.1, 0.15) is 12.5 Å². The van der Waals surface area contributed by atoms with Gasteiger partial charge in [0.25, 0.3) is 0 Å². The molecule has 0 aliphatic rings. The number of hydrogen-bond acceptors (Lipinski definition) is 4. The second kappa shape index (κ2) is 8.19. The number of aromatic nitrogens is 2. The summed E-state index contributed by atoms with van der Waals surface area (Å²) in [6, 6.07) is 15.9. The van der Waals surface area contributed by atoms with E-state index in [1.54, 1.807) is 59.5 Å². The third-order valence-corrected chi connectivity index (χ3v) is 5.04. The first kappa shape index (κ1) is 19.5. The molecule has 0 saturated heterocycles. The zero-order valence-corrected chi connectivity index (χ0v) is 15.8. The zero-order valence-electron chi connectivity index (χ0n) is 14.2. The number of nitrogens with zero attached hydrogens (tertiary/aromatic N) is 3. The summed E-state index contributed by atoms with van der Waals surface area (Å²) in [5.41, 5.74) is -0.229. The molecule has 0 amide bonds. The fraction of sp³-hybridized carbons (Fsp3) is 0.158. The van der Waals surface area contributed by atoms with Gasteiger partial charge in [-0.25, -0.2) is 9.97 Å². The van der Waals surface area contributed by atoms with Crippen LogP contribution in [-0.2, 0) is 6.18 Å². The Bertz CT molecular complexity index is 920. The zero-order chi connectivity index (χ0) is 19.4. The summed E-state index contributed by atoms with van der Waals surface area (Å²) in [6.07, 6.45) is -3.72. The standard InChI is InChI=1S/C19H15ClF3N3S/c1-2-26(16-11-7-6-10-15(16)20)18-24-12-14(19(21,22)23)17(25-18)27-13-8-4-3-5-9-13/h3-12H,2H2,1H3. The molecule has 0 saturated carbocycles. The summed E-state index contributed by atoms with van der Waals surface area (Å²) in [5, 5.41) is 0.323. The summed E-state index contributed by atoms with van der Waals surface area (Å²) in [5.74, 6) is 0.164. The number of alkyl halides is 3. The lowest BCUT2D eigenvalue weighted by molar-refractivity contribution is -0.140. The molecule has 3 rings (SSSR count). The van der Waals surface area contributed by atoms with Gasteiger partial charge in [-0.3, -0.25) is 0 Å². The Kier molecular flexibility index (Phi) is 5.92. The molecule has 0 N–H and O–H groups in total. The highest BCUT2D eigenvalue weighted by Gasteiger charge is 2.36. The Hall–Kier alpha value is -2.25. The minimum Gasteiger partial charge on any atom is -0.309 e. The molecule has 1 heterocycles. The van der Waals surface area contributed by atoms with Crippen LogP contribution in [0.5, 0.6) is 0 Å². The van der Waals surface area contributed by atoms with E-state index < -0.39 is 11.7 Å². The van der Waals surface area contributed by atoms with Crippen molar-refractivity contribution >= 4 is 35.0 Å². The molecule has 0 spiro atoms. The minimum absolute atomic E-state index is 0.149. The Morgan fingerprint density at radius 2 is 1.70 bits per heavy atom. The Balaban J connectivity index is 2.07. The highest BCUT2D eigenvalue weighted by atomic mass is 35.5. The molecule has 0 atom stereocenters. The lowest BCUT2D eigenvalue weighted by Gasteiger charge is -2.23. The first-order valence-electron chi connectivity index (χ1n) is 8.09. The third kappa shape index (κ3) is 4.54. The van der Waals surface area contributed by atoms with E-state index >= 15 is 0 Å². The van der Waals surface area contributed by atoms with E-state index in [1.807, 2.05) is 6.92 Å². The highest BCUT2D eigenvalue weighted by molar-refractivity contribution is 7.99. The number of hydrogen-bond donors (Lipinski definition) is 0. The van der Waals surface area contributed by atoms with Gasteiger partial charge >= 0.3 is 6.18 Å². The van der Waals surface area contributed by atoms with Gasteiger partial charge in [-0.2, -0.15) is 13.2 Å². The molecule has 140 valence electrons. The third-order valence-electron chi connectivity index (χ3n) is 3.71. The number of anilines is 2. The van der Waals surface area contributed by atoms with E-state index in [-0.39, 0.29) is 11.0 Å². The van der Waals surface area contributed by atoms with Gasteiger partial charge in [-0.05, 0) is 31.2 Å². The maximum Gasteiger partial charge on any atom is 0.420 e. The molecule has 27 heavy (non-hydrogen) atoms. The maximum absolute atomic E-state index is 13.4. The topological polar surface area (TPSA) is 29.0 Å². The predicted molar refractivity (Wildman–Crippen MR) is 102 cm³/mol. The van der Waals surface area contributed by atoms with Crippen LogP contribution < -0.4 is 4.90 Å². The lowest BCUT2D eigenvalue weighted by atomic mass is 10.3. The van der Waals surface area contributed by atoms with Gasteiger partial charge in [0.1, 0.15) is 10.6 Å². The first-order chi connectivity index (χ1) is 12.9. The van der Waals surface area contributed by atoms with E-state index in [0.29, 0.717) is 22.2 Å². The van der Waals surface area contributed by atoms with Gasteiger partial charge in [0.15, 0.2) is 0 Å². The van der Waals surface area contributed by atoms with Crippen LogP contribution >= 0.6 is 23.4 Å². The van der Waals surface area contributed by atoms with Crippen LogP contribution in [0.2, 0.25) is 5.02 Å². The van der Waals surface area contributed by atoms with Crippen molar-refractivity contribution < 1.29 is 13.2 Å². The van der Waals surface area contributed by atoms with E-state index in [1.165, 1.54) is 0 Å². The van der Waals surface area contributed by atoms with Gasteiger partial charge in [0.2, 0.25) is 5.95 Å². The quantitative estimate of drug-likeness (QED) is 0.452. The van der Waals surface area contributed by atoms with E-state index in [4.69, 9.17) is 11.6 Å². The molecule has 0 bridgehead atoms. The second-order valence-electron chi connectivity index (χ2n) is 5.50. The molecule has 0 aliphatic carbocycles. The van der Waals surface area contributed by atoms with Crippen molar-refractivity contribution in [3.05, 3.63) is 71.4 Å². The number of para-hydroxylation sites is 1.